The number of carbonyl (C=O) groups is 2. The maximum atomic E-state index is 12.0. The summed E-state index contributed by atoms with van der Waals surface area (Å²) in [6.07, 6.45) is 3.38. The van der Waals surface area contributed by atoms with Crippen LogP contribution < -0.4 is 20.3 Å². The van der Waals surface area contributed by atoms with E-state index in [4.69, 9.17) is 9.47 Å². The van der Waals surface area contributed by atoms with Gasteiger partial charge in [-0.2, -0.15) is 0 Å². The minimum Gasteiger partial charge on any atom is -0.493 e. The van der Waals surface area contributed by atoms with Crippen molar-refractivity contribution in [1.82, 2.24) is 5.32 Å². The van der Waals surface area contributed by atoms with Crippen molar-refractivity contribution in [3.63, 3.8) is 0 Å². The van der Waals surface area contributed by atoms with Crippen molar-refractivity contribution in [3.8, 4) is 5.75 Å². The summed E-state index contributed by atoms with van der Waals surface area (Å²) in [4.78, 5) is 25.3. The monoisotopic (exact) mass is 426 g/mol. The van der Waals surface area contributed by atoms with Gasteiger partial charge in [-0.1, -0.05) is 30.3 Å². The number of likely N-dealkylation sites (tertiary alicyclic amines) is 1. The van der Waals surface area contributed by atoms with Crippen LogP contribution in [0.2, 0.25) is 0 Å². The second kappa shape index (κ2) is 12.7. The highest BCUT2D eigenvalue weighted by molar-refractivity contribution is 5.91. The van der Waals surface area contributed by atoms with Gasteiger partial charge in [0.2, 0.25) is 11.8 Å². The molecule has 1 saturated heterocycles. The highest BCUT2D eigenvalue weighted by Gasteiger charge is 2.14. The molecule has 0 bridgehead atoms. The first-order valence-electron chi connectivity index (χ1n) is 10.9. The molecule has 0 atom stereocenters. The Morgan fingerprint density at radius 1 is 0.903 bits per heavy atom. The minimum absolute atomic E-state index is 0.114. The molecule has 1 fully saturated rings. The first-order valence-corrected chi connectivity index (χ1v) is 10.9. The number of rotatable bonds is 12. The summed E-state index contributed by atoms with van der Waals surface area (Å²) in [5.41, 5.74) is 1.88. The summed E-state index contributed by atoms with van der Waals surface area (Å²) >= 11 is 0. The Bertz CT molecular complexity index is 805. The molecule has 3 rings (SSSR count). The number of amides is 2. The Labute approximate surface area is 183 Å². The minimum atomic E-state index is -0.299. The average Bonchev–Trinajstić information content (AvgIpc) is 3.29. The van der Waals surface area contributed by atoms with Crippen molar-refractivity contribution in [2.24, 2.45) is 0 Å². The molecule has 2 amide bonds. The molecule has 0 saturated carbocycles. The Morgan fingerprint density at radius 2 is 1.61 bits per heavy atom. The maximum absolute atomic E-state index is 12.0. The maximum Gasteiger partial charge on any atom is 0.250 e. The van der Waals surface area contributed by atoms with Crippen LogP contribution in [0.4, 0.5) is 5.69 Å². The molecule has 2 aromatic carbocycles. The van der Waals surface area contributed by atoms with E-state index in [9.17, 15) is 9.59 Å². The van der Waals surface area contributed by atoms with Gasteiger partial charge >= 0.3 is 0 Å². The molecular formula is C24H32N3O4+. The van der Waals surface area contributed by atoms with E-state index in [-0.39, 0.29) is 25.0 Å². The fraction of sp³-hybridized carbons (Fsp3) is 0.417. The zero-order valence-electron chi connectivity index (χ0n) is 17.9. The molecule has 2 aromatic rings. The Kier molecular flexibility index (Phi) is 9.34. The van der Waals surface area contributed by atoms with Gasteiger partial charge in [0.1, 0.15) is 19.0 Å². The lowest BCUT2D eigenvalue weighted by Gasteiger charge is -2.12. The fourth-order valence-corrected chi connectivity index (χ4v) is 3.55. The predicted molar refractivity (Wildman–Crippen MR) is 119 cm³/mol. The number of nitrogens with one attached hydrogen (secondary N) is 3. The zero-order chi connectivity index (χ0) is 21.7. The molecule has 1 aliphatic rings. The Hall–Kier alpha value is -2.90. The second-order valence-electron chi connectivity index (χ2n) is 7.71. The highest BCUT2D eigenvalue weighted by Crippen LogP contribution is 2.16. The van der Waals surface area contributed by atoms with Crippen LogP contribution in [-0.2, 0) is 20.7 Å². The van der Waals surface area contributed by atoms with Crippen molar-refractivity contribution in [1.29, 1.82) is 0 Å². The molecule has 7 nitrogen and oxygen atoms in total. The van der Waals surface area contributed by atoms with E-state index >= 15 is 0 Å². The standard InChI is InChI=1S/C24H31N3O4/c28-23(25-13-16-27-14-4-5-15-27)18-30-19-24(29)26-21-8-10-22(11-9-21)31-17-12-20-6-2-1-3-7-20/h1-3,6-11H,4-5,12-19H2,(H,25,28)(H,26,29)/p+1. The van der Waals surface area contributed by atoms with E-state index in [1.54, 1.807) is 12.1 Å². The van der Waals surface area contributed by atoms with E-state index in [0.29, 0.717) is 18.8 Å². The highest BCUT2D eigenvalue weighted by atomic mass is 16.5. The molecule has 0 spiro atoms. The first kappa shape index (κ1) is 22.8. The van der Waals surface area contributed by atoms with Crippen LogP contribution >= 0.6 is 0 Å². The normalized spacial score (nSPS) is 13.7. The van der Waals surface area contributed by atoms with Gasteiger partial charge < -0.3 is 25.0 Å². The predicted octanol–water partition coefficient (Wildman–Crippen LogP) is 1.06. The van der Waals surface area contributed by atoms with E-state index in [1.807, 2.05) is 30.3 Å². The van der Waals surface area contributed by atoms with Crippen molar-refractivity contribution in [2.75, 3.05) is 51.3 Å². The Balaban J connectivity index is 1.26. The fourth-order valence-electron chi connectivity index (χ4n) is 3.55. The summed E-state index contributed by atoms with van der Waals surface area (Å²) in [6, 6.07) is 17.4. The van der Waals surface area contributed by atoms with Gasteiger partial charge in [-0.05, 0) is 29.8 Å². The summed E-state index contributed by atoms with van der Waals surface area (Å²) < 4.78 is 11.0. The summed E-state index contributed by atoms with van der Waals surface area (Å²) in [6.45, 7) is 4.27. The van der Waals surface area contributed by atoms with Crippen LogP contribution in [0.15, 0.2) is 54.6 Å². The molecule has 0 aromatic heterocycles. The number of ether oxygens (including phenoxy) is 2. The van der Waals surface area contributed by atoms with Crippen LogP contribution in [0.5, 0.6) is 5.75 Å². The lowest BCUT2D eigenvalue weighted by Crippen LogP contribution is -3.10. The van der Waals surface area contributed by atoms with Crippen LogP contribution in [0.3, 0.4) is 0 Å². The first-order chi connectivity index (χ1) is 15.2. The molecular weight excluding hydrogens is 394 g/mol. The van der Waals surface area contributed by atoms with E-state index in [0.717, 1.165) is 18.7 Å². The van der Waals surface area contributed by atoms with Crippen molar-refractivity contribution < 1.29 is 24.0 Å². The van der Waals surface area contributed by atoms with Crippen LogP contribution in [-0.4, -0.2) is 57.8 Å². The lowest BCUT2D eigenvalue weighted by molar-refractivity contribution is -0.886. The van der Waals surface area contributed by atoms with Gasteiger partial charge in [-0.3, -0.25) is 9.59 Å². The number of carbonyl (C=O) groups excluding carboxylic acids is 2. The summed E-state index contributed by atoms with van der Waals surface area (Å²) in [7, 11) is 0. The van der Waals surface area contributed by atoms with Crippen LogP contribution in [0.25, 0.3) is 0 Å². The van der Waals surface area contributed by atoms with E-state index < -0.39 is 0 Å². The quantitative estimate of drug-likeness (QED) is 0.474. The third-order valence-corrected chi connectivity index (χ3v) is 5.22. The van der Waals surface area contributed by atoms with Gasteiger partial charge in [-0.25, -0.2) is 0 Å². The molecule has 0 aliphatic carbocycles. The molecule has 3 N–H and O–H groups in total. The van der Waals surface area contributed by atoms with Gasteiger partial charge in [-0.15, -0.1) is 0 Å². The zero-order valence-corrected chi connectivity index (χ0v) is 17.9. The average molecular weight is 427 g/mol. The molecule has 7 heteroatoms. The van der Waals surface area contributed by atoms with E-state index in [2.05, 4.69) is 22.8 Å². The third kappa shape index (κ3) is 8.78. The molecule has 1 heterocycles. The molecule has 166 valence electrons. The molecule has 1 aliphatic heterocycles. The number of hydrogen-bond acceptors (Lipinski definition) is 4. The largest absolute Gasteiger partial charge is 0.493 e. The SMILES string of the molecule is O=C(COCC(=O)Nc1ccc(OCCc2ccccc2)cc1)NCC[NH+]1CCCC1. The van der Waals surface area contributed by atoms with Gasteiger partial charge in [0.15, 0.2) is 0 Å². The Morgan fingerprint density at radius 3 is 2.35 bits per heavy atom. The number of anilines is 1. The second-order valence-corrected chi connectivity index (χ2v) is 7.71. The van der Waals surface area contributed by atoms with Gasteiger partial charge in [0.05, 0.1) is 32.8 Å². The van der Waals surface area contributed by atoms with Crippen molar-refractivity contribution in [3.05, 3.63) is 60.2 Å². The third-order valence-electron chi connectivity index (χ3n) is 5.22. The number of benzene rings is 2. The molecule has 0 unspecified atom stereocenters. The summed E-state index contributed by atoms with van der Waals surface area (Å²) in [5.74, 6) is 0.257. The van der Waals surface area contributed by atoms with Crippen molar-refractivity contribution >= 4 is 17.5 Å². The van der Waals surface area contributed by atoms with Crippen molar-refractivity contribution in [2.45, 2.75) is 19.3 Å². The number of hydrogen-bond donors (Lipinski definition) is 3. The topological polar surface area (TPSA) is 81.1 Å². The summed E-state index contributed by atoms with van der Waals surface area (Å²) in [5, 5.41) is 5.59. The van der Waals surface area contributed by atoms with Crippen LogP contribution in [0.1, 0.15) is 18.4 Å². The lowest BCUT2D eigenvalue weighted by atomic mass is 10.2. The number of quaternary nitrogens is 1. The molecule has 31 heavy (non-hydrogen) atoms. The van der Waals surface area contributed by atoms with Gasteiger partial charge in [0, 0.05) is 24.9 Å². The van der Waals surface area contributed by atoms with Gasteiger partial charge in [0.25, 0.3) is 0 Å². The van der Waals surface area contributed by atoms with E-state index in [1.165, 1.54) is 36.4 Å². The smallest absolute Gasteiger partial charge is 0.250 e. The molecule has 0 radical (unpaired) electrons. The van der Waals surface area contributed by atoms with Crippen LogP contribution in [0, 0.1) is 0 Å².